The molecule has 30 heavy (non-hydrogen) atoms. The molecule has 150 valence electrons. The lowest BCUT2D eigenvalue weighted by Crippen LogP contribution is -2.01. The fraction of sp³-hybridized carbons (Fsp3) is 0.120. The van der Waals surface area contributed by atoms with Crippen LogP contribution in [-0.4, -0.2) is 17.8 Å². The van der Waals surface area contributed by atoms with E-state index in [1.807, 2.05) is 30.5 Å². The summed E-state index contributed by atoms with van der Waals surface area (Å²) < 4.78 is 5.20. The van der Waals surface area contributed by atoms with Gasteiger partial charge in [0.1, 0.15) is 5.75 Å². The molecule has 0 aliphatic rings. The van der Waals surface area contributed by atoms with Crippen molar-refractivity contribution in [2.45, 2.75) is 13.3 Å². The zero-order valence-corrected chi connectivity index (χ0v) is 17.8. The molecule has 4 aromatic rings. The minimum Gasteiger partial charge on any atom is -0.497 e. The zero-order chi connectivity index (χ0) is 20.8. The van der Waals surface area contributed by atoms with Crippen LogP contribution in [0.4, 0.5) is 5.13 Å². The fourth-order valence-corrected chi connectivity index (χ4v) is 3.80. The summed E-state index contributed by atoms with van der Waals surface area (Å²) in [4.78, 5) is 4.67. The molecular formula is C25H23N3OS. The Bertz CT molecular complexity index is 1120. The Balaban J connectivity index is 1.39. The third-order valence-electron chi connectivity index (χ3n) is 4.75. The Morgan fingerprint density at radius 3 is 2.27 bits per heavy atom. The first-order chi connectivity index (χ1) is 14.7. The summed E-state index contributed by atoms with van der Waals surface area (Å²) in [5.41, 5.74) is 9.73. The number of benzene rings is 3. The van der Waals surface area contributed by atoms with Gasteiger partial charge < -0.3 is 4.74 Å². The fourth-order valence-electron chi connectivity index (χ4n) is 3.14. The Kier molecular flexibility index (Phi) is 6.20. The maximum Gasteiger partial charge on any atom is 0.203 e. The van der Waals surface area contributed by atoms with Crippen molar-refractivity contribution in [2.75, 3.05) is 12.5 Å². The SMILES string of the molecule is COc1ccc(C/C(C)=N\Nc2nc(-c3ccc(-c4ccccc4)cc3)cs2)cc1. The van der Waals surface area contributed by atoms with Crippen LogP contribution in [0.5, 0.6) is 5.75 Å². The van der Waals surface area contributed by atoms with Crippen LogP contribution in [0.2, 0.25) is 0 Å². The summed E-state index contributed by atoms with van der Waals surface area (Å²) in [6.45, 7) is 2.01. The van der Waals surface area contributed by atoms with Crippen molar-refractivity contribution < 1.29 is 4.74 Å². The monoisotopic (exact) mass is 413 g/mol. The Morgan fingerprint density at radius 1 is 0.900 bits per heavy atom. The Hall–Kier alpha value is -3.44. The van der Waals surface area contributed by atoms with E-state index < -0.39 is 0 Å². The topological polar surface area (TPSA) is 46.5 Å². The molecule has 0 fully saturated rings. The molecule has 4 rings (SSSR count). The van der Waals surface area contributed by atoms with Gasteiger partial charge in [-0.3, -0.25) is 5.43 Å². The van der Waals surface area contributed by atoms with Crippen LogP contribution in [0.3, 0.4) is 0 Å². The van der Waals surface area contributed by atoms with Crippen molar-refractivity contribution >= 4 is 22.2 Å². The summed E-state index contributed by atoms with van der Waals surface area (Å²) in [5.74, 6) is 0.860. The van der Waals surface area contributed by atoms with Crippen LogP contribution >= 0.6 is 11.3 Å². The molecule has 0 spiro atoms. The van der Waals surface area contributed by atoms with Gasteiger partial charge in [0, 0.05) is 23.1 Å². The summed E-state index contributed by atoms with van der Waals surface area (Å²) in [5, 5.41) is 7.31. The first-order valence-corrected chi connectivity index (χ1v) is 10.6. The lowest BCUT2D eigenvalue weighted by Gasteiger charge is -2.04. The van der Waals surface area contributed by atoms with Gasteiger partial charge in [-0.2, -0.15) is 5.10 Å². The number of hydrogen-bond acceptors (Lipinski definition) is 5. The second-order valence-electron chi connectivity index (χ2n) is 6.97. The van der Waals surface area contributed by atoms with Crippen molar-refractivity contribution in [3.8, 4) is 28.1 Å². The molecule has 0 saturated carbocycles. The molecule has 0 amide bonds. The second-order valence-corrected chi connectivity index (χ2v) is 7.82. The van der Waals surface area contributed by atoms with Gasteiger partial charge in [-0.05, 0) is 35.7 Å². The molecule has 0 atom stereocenters. The van der Waals surface area contributed by atoms with Gasteiger partial charge >= 0.3 is 0 Å². The molecule has 3 aromatic carbocycles. The maximum absolute atomic E-state index is 5.20. The quantitative estimate of drug-likeness (QED) is 0.277. The smallest absolute Gasteiger partial charge is 0.203 e. The first kappa shape index (κ1) is 19.9. The number of hydrogen-bond donors (Lipinski definition) is 1. The van der Waals surface area contributed by atoms with Gasteiger partial charge in [-0.25, -0.2) is 4.98 Å². The summed E-state index contributed by atoms with van der Waals surface area (Å²) in [6, 6.07) is 26.9. The number of thiazole rings is 1. The van der Waals surface area contributed by atoms with Crippen molar-refractivity contribution in [1.29, 1.82) is 0 Å². The number of methoxy groups -OCH3 is 1. The highest BCUT2D eigenvalue weighted by Gasteiger charge is 2.05. The molecule has 0 aliphatic carbocycles. The van der Waals surface area contributed by atoms with Crippen LogP contribution < -0.4 is 10.2 Å². The lowest BCUT2D eigenvalue weighted by molar-refractivity contribution is 0.414. The number of rotatable bonds is 7. The first-order valence-electron chi connectivity index (χ1n) is 9.75. The van der Waals surface area contributed by atoms with Gasteiger partial charge in [0.25, 0.3) is 0 Å². The minimum absolute atomic E-state index is 0.774. The number of nitrogens with one attached hydrogen (secondary N) is 1. The molecule has 0 bridgehead atoms. The van der Waals surface area contributed by atoms with E-state index >= 15 is 0 Å². The number of anilines is 1. The van der Waals surface area contributed by atoms with Crippen molar-refractivity contribution in [3.63, 3.8) is 0 Å². The predicted octanol–water partition coefficient (Wildman–Crippen LogP) is 6.52. The van der Waals surface area contributed by atoms with Crippen LogP contribution in [0, 0.1) is 0 Å². The summed E-state index contributed by atoms with van der Waals surface area (Å²) in [7, 11) is 1.67. The molecule has 5 heteroatoms. The van der Waals surface area contributed by atoms with Gasteiger partial charge in [-0.1, -0.05) is 66.7 Å². The van der Waals surface area contributed by atoms with Gasteiger partial charge in [-0.15, -0.1) is 11.3 Å². The van der Waals surface area contributed by atoms with Gasteiger partial charge in [0.2, 0.25) is 5.13 Å². The van der Waals surface area contributed by atoms with Gasteiger partial charge in [0.05, 0.1) is 12.8 Å². The Labute approximate surface area is 180 Å². The van der Waals surface area contributed by atoms with E-state index in [1.54, 1.807) is 18.4 Å². The molecule has 1 N–H and O–H groups in total. The van der Waals surface area contributed by atoms with E-state index in [0.717, 1.165) is 34.3 Å². The predicted molar refractivity (Wildman–Crippen MR) is 126 cm³/mol. The summed E-state index contributed by atoms with van der Waals surface area (Å²) >= 11 is 1.55. The number of ether oxygens (including phenoxy) is 1. The molecule has 1 heterocycles. The summed E-state index contributed by atoms with van der Waals surface area (Å²) in [6.07, 6.45) is 0.774. The van der Waals surface area contributed by atoms with Crippen molar-refractivity contribution in [2.24, 2.45) is 5.10 Å². The van der Waals surface area contributed by atoms with Crippen LogP contribution in [0.15, 0.2) is 89.3 Å². The average molecular weight is 414 g/mol. The van der Waals surface area contributed by atoms with E-state index in [1.165, 1.54) is 16.7 Å². The van der Waals surface area contributed by atoms with E-state index in [0.29, 0.717) is 0 Å². The molecule has 4 nitrogen and oxygen atoms in total. The molecule has 0 radical (unpaired) electrons. The Morgan fingerprint density at radius 2 is 1.57 bits per heavy atom. The van der Waals surface area contributed by atoms with E-state index in [-0.39, 0.29) is 0 Å². The van der Waals surface area contributed by atoms with E-state index in [2.05, 4.69) is 76.2 Å². The average Bonchev–Trinajstić information content (AvgIpc) is 3.28. The normalized spacial score (nSPS) is 11.3. The highest BCUT2D eigenvalue weighted by atomic mass is 32.1. The number of hydrazone groups is 1. The van der Waals surface area contributed by atoms with Gasteiger partial charge in [0.15, 0.2) is 0 Å². The standard InChI is InChI=1S/C25H23N3OS/c1-18(16-19-8-14-23(29-2)15-9-19)27-28-25-26-24(17-30-25)22-12-10-21(11-13-22)20-6-4-3-5-7-20/h3-15,17H,16H2,1-2H3,(H,26,28)/b27-18-. The lowest BCUT2D eigenvalue weighted by atomic mass is 10.0. The number of aromatic nitrogens is 1. The molecule has 0 saturated heterocycles. The third kappa shape index (κ3) is 4.93. The van der Waals surface area contributed by atoms with Crippen LogP contribution in [0.1, 0.15) is 12.5 Å². The molecule has 1 aromatic heterocycles. The molecule has 0 unspecified atom stereocenters. The second kappa shape index (κ2) is 9.37. The van der Waals surface area contributed by atoms with E-state index in [4.69, 9.17) is 4.74 Å². The minimum atomic E-state index is 0.774. The van der Waals surface area contributed by atoms with Crippen molar-refractivity contribution in [3.05, 3.63) is 89.8 Å². The third-order valence-corrected chi connectivity index (χ3v) is 5.50. The zero-order valence-electron chi connectivity index (χ0n) is 17.0. The number of nitrogens with zero attached hydrogens (tertiary/aromatic N) is 2. The highest BCUT2D eigenvalue weighted by molar-refractivity contribution is 7.14. The van der Waals surface area contributed by atoms with Crippen LogP contribution in [0.25, 0.3) is 22.4 Å². The van der Waals surface area contributed by atoms with Crippen LogP contribution in [-0.2, 0) is 6.42 Å². The molecule has 0 aliphatic heterocycles. The molecular weight excluding hydrogens is 390 g/mol. The maximum atomic E-state index is 5.20. The largest absolute Gasteiger partial charge is 0.497 e. The highest BCUT2D eigenvalue weighted by Crippen LogP contribution is 2.27. The van der Waals surface area contributed by atoms with Crippen molar-refractivity contribution in [1.82, 2.24) is 4.98 Å². The van der Waals surface area contributed by atoms with E-state index in [9.17, 15) is 0 Å².